The Bertz CT molecular complexity index is 966. The number of amidine groups is 1. The van der Waals surface area contributed by atoms with Gasteiger partial charge in [-0.05, 0) is 33.8 Å². The van der Waals surface area contributed by atoms with Crippen LogP contribution in [-0.4, -0.2) is 47.0 Å². The zero-order valence-corrected chi connectivity index (χ0v) is 18.8. The predicted octanol–water partition coefficient (Wildman–Crippen LogP) is 4.02. The highest BCUT2D eigenvalue weighted by molar-refractivity contribution is 9.10. The fourth-order valence-electron chi connectivity index (χ4n) is 3.83. The lowest BCUT2D eigenvalue weighted by Crippen LogP contribution is -2.38. The van der Waals surface area contributed by atoms with Crippen LogP contribution in [0.1, 0.15) is 36.3 Å². The molecule has 1 aromatic carbocycles. The molecule has 1 aromatic heterocycles. The third-order valence-electron chi connectivity index (χ3n) is 5.39. The SMILES string of the molecule is CN1N=C(c2ccc([C@@H](C(=O)Nc3nc(Br)cs3)[C@H]3CCC(F)(F)C3)cc2)NN1C. The summed E-state index contributed by atoms with van der Waals surface area (Å²) >= 11 is 4.54. The standard InChI is InChI=1S/C19H21BrF2N6OS/c1-27-25-16(26-28(27)2)12-5-3-11(4-6-12)15(13-7-8-19(21,22)9-13)17(29)24-18-23-14(20)10-30-18/h3-6,10,13,15H,7-9H2,1-2H3,(H,25,26)(H,23,24,29)/t13-,15+/m0/s1. The van der Waals surface area contributed by atoms with Crippen molar-refractivity contribution in [2.45, 2.75) is 31.1 Å². The van der Waals surface area contributed by atoms with Crippen LogP contribution in [0.5, 0.6) is 0 Å². The summed E-state index contributed by atoms with van der Waals surface area (Å²) in [6.45, 7) is 0. The van der Waals surface area contributed by atoms with Gasteiger partial charge in [0.25, 0.3) is 0 Å². The van der Waals surface area contributed by atoms with E-state index in [0.717, 1.165) is 5.56 Å². The molecule has 2 aliphatic rings. The number of alkyl halides is 2. The molecular formula is C19H21BrF2N6OS. The molecular weight excluding hydrogens is 478 g/mol. The molecule has 0 bridgehead atoms. The van der Waals surface area contributed by atoms with Crippen molar-refractivity contribution >= 4 is 44.1 Å². The average molecular weight is 499 g/mol. The lowest BCUT2D eigenvalue weighted by molar-refractivity contribution is -0.118. The third-order valence-corrected chi connectivity index (χ3v) is 6.86. The van der Waals surface area contributed by atoms with Gasteiger partial charge in [-0.25, -0.2) is 18.9 Å². The quantitative estimate of drug-likeness (QED) is 0.651. The molecule has 2 heterocycles. The van der Waals surface area contributed by atoms with Crippen LogP contribution < -0.4 is 10.7 Å². The first-order chi connectivity index (χ1) is 14.2. The molecule has 7 nitrogen and oxygen atoms in total. The molecule has 1 fully saturated rings. The summed E-state index contributed by atoms with van der Waals surface area (Å²) in [5, 5.41) is 12.8. The first-order valence-corrected chi connectivity index (χ1v) is 11.1. The highest BCUT2D eigenvalue weighted by atomic mass is 79.9. The normalized spacial score (nSPS) is 22.0. The lowest BCUT2D eigenvalue weighted by Gasteiger charge is -2.23. The molecule has 0 saturated heterocycles. The minimum absolute atomic E-state index is 0.193. The van der Waals surface area contributed by atoms with Crippen LogP contribution in [0.2, 0.25) is 0 Å². The lowest BCUT2D eigenvalue weighted by atomic mass is 9.83. The maximum absolute atomic E-state index is 13.9. The van der Waals surface area contributed by atoms with E-state index in [9.17, 15) is 13.6 Å². The molecule has 1 saturated carbocycles. The van der Waals surface area contributed by atoms with Gasteiger partial charge in [-0.15, -0.1) is 21.6 Å². The summed E-state index contributed by atoms with van der Waals surface area (Å²) in [6.07, 6.45) is -0.182. The van der Waals surface area contributed by atoms with Crippen molar-refractivity contribution in [2.24, 2.45) is 11.0 Å². The minimum Gasteiger partial charge on any atom is -0.301 e. The number of anilines is 1. The monoisotopic (exact) mass is 498 g/mol. The highest BCUT2D eigenvalue weighted by Crippen LogP contribution is 2.46. The van der Waals surface area contributed by atoms with Crippen molar-refractivity contribution in [1.82, 2.24) is 20.6 Å². The summed E-state index contributed by atoms with van der Waals surface area (Å²) in [7, 11) is 3.65. The van der Waals surface area contributed by atoms with Crippen molar-refractivity contribution in [3.05, 3.63) is 45.4 Å². The van der Waals surface area contributed by atoms with Crippen molar-refractivity contribution < 1.29 is 13.6 Å². The van der Waals surface area contributed by atoms with Gasteiger partial charge in [0.1, 0.15) is 4.60 Å². The van der Waals surface area contributed by atoms with Gasteiger partial charge < -0.3 is 5.32 Å². The first-order valence-electron chi connectivity index (χ1n) is 9.44. The number of thiazole rings is 1. The Hall–Kier alpha value is -2.11. The van der Waals surface area contributed by atoms with E-state index in [2.05, 4.69) is 36.8 Å². The fraction of sp³-hybridized carbons (Fsp3) is 0.421. The van der Waals surface area contributed by atoms with Gasteiger partial charge in [-0.2, -0.15) is 0 Å². The number of amides is 1. The first kappa shape index (κ1) is 21.1. The van der Waals surface area contributed by atoms with Crippen molar-refractivity contribution in [3.63, 3.8) is 0 Å². The Kier molecular flexibility index (Phi) is 5.78. The zero-order chi connectivity index (χ0) is 21.5. The second-order valence-electron chi connectivity index (χ2n) is 7.50. The van der Waals surface area contributed by atoms with Gasteiger partial charge in [0, 0.05) is 37.9 Å². The third kappa shape index (κ3) is 4.47. The Morgan fingerprint density at radius 1 is 1.37 bits per heavy atom. The maximum atomic E-state index is 13.9. The number of benzene rings is 1. The Balaban J connectivity index is 1.59. The summed E-state index contributed by atoms with van der Waals surface area (Å²) in [6, 6.07) is 7.33. The van der Waals surface area contributed by atoms with Crippen molar-refractivity contribution in [1.29, 1.82) is 0 Å². The van der Waals surface area contributed by atoms with Crippen LogP contribution in [0.4, 0.5) is 13.9 Å². The Morgan fingerprint density at radius 3 is 2.63 bits per heavy atom. The topological polar surface area (TPSA) is 72.9 Å². The van der Waals surface area contributed by atoms with E-state index in [1.807, 2.05) is 38.4 Å². The number of nitrogens with one attached hydrogen (secondary N) is 2. The number of carbonyl (C=O) groups is 1. The summed E-state index contributed by atoms with van der Waals surface area (Å²) in [5.74, 6) is -3.49. The molecule has 0 radical (unpaired) electrons. The summed E-state index contributed by atoms with van der Waals surface area (Å²) in [4.78, 5) is 17.3. The van der Waals surface area contributed by atoms with E-state index >= 15 is 0 Å². The van der Waals surface area contributed by atoms with E-state index in [-0.39, 0.29) is 18.7 Å². The zero-order valence-electron chi connectivity index (χ0n) is 16.4. The van der Waals surface area contributed by atoms with Gasteiger partial charge in [0.15, 0.2) is 11.0 Å². The Morgan fingerprint density at radius 2 is 2.10 bits per heavy atom. The van der Waals surface area contributed by atoms with Gasteiger partial charge >= 0.3 is 0 Å². The molecule has 1 amide bonds. The maximum Gasteiger partial charge on any atom is 0.248 e. The van der Waals surface area contributed by atoms with Crippen molar-refractivity contribution in [2.75, 3.05) is 19.4 Å². The molecule has 4 rings (SSSR count). The van der Waals surface area contributed by atoms with E-state index in [0.29, 0.717) is 27.6 Å². The predicted molar refractivity (Wildman–Crippen MR) is 115 cm³/mol. The van der Waals surface area contributed by atoms with E-state index in [1.165, 1.54) is 11.3 Å². The second-order valence-corrected chi connectivity index (χ2v) is 9.17. The molecule has 2 N–H and O–H groups in total. The number of halogens is 3. The number of aromatic nitrogens is 1. The number of hydrazine groups is 2. The van der Waals surface area contributed by atoms with Crippen LogP contribution >= 0.6 is 27.3 Å². The molecule has 30 heavy (non-hydrogen) atoms. The molecule has 11 heteroatoms. The van der Waals surface area contributed by atoms with Gasteiger partial charge in [-0.3, -0.25) is 10.2 Å². The number of rotatable bonds is 5. The second kappa shape index (κ2) is 8.20. The largest absolute Gasteiger partial charge is 0.301 e. The number of hydrogen-bond donors (Lipinski definition) is 2. The van der Waals surface area contributed by atoms with Gasteiger partial charge in [0.2, 0.25) is 11.8 Å². The molecule has 1 aliphatic carbocycles. The van der Waals surface area contributed by atoms with Crippen molar-refractivity contribution in [3.8, 4) is 0 Å². The van der Waals surface area contributed by atoms with E-state index in [4.69, 9.17) is 0 Å². The van der Waals surface area contributed by atoms with Crippen LogP contribution in [-0.2, 0) is 4.79 Å². The van der Waals surface area contributed by atoms with Gasteiger partial charge in [0.05, 0.1) is 5.92 Å². The number of hydrazone groups is 1. The van der Waals surface area contributed by atoms with Crippen LogP contribution in [0.3, 0.4) is 0 Å². The average Bonchev–Trinajstić information content (AvgIpc) is 3.35. The van der Waals surface area contributed by atoms with E-state index in [1.54, 1.807) is 15.6 Å². The number of hydrogen-bond acceptors (Lipinski definition) is 7. The minimum atomic E-state index is -2.73. The van der Waals surface area contributed by atoms with Gasteiger partial charge in [-0.1, -0.05) is 24.3 Å². The number of carbonyl (C=O) groups excluding carboxylic acids is 1. The molecule has 0 spiro atoms. The number of nitrogens with zero attached hydrogens (tertiary/aromatic N) is 4. The molecule has 160 valence electrons. The van der Waals surface area contributed by atoms with Crippen LogP contribution in [0.15, 0.2) is 39.4 Å². The summed E-state index contributed by atoms with van der Waals surface area (Å²) in [5.41, 5.74) is 4.66. The van der Waals surface area contributed by atoms with E-state index < -0.39 is 17.8 Å². The fourth-order valence-corrected chi connectivity index (χ4v) is 4.98. The molecule has 2 atom stereocenters. The molecule has 2 aromatic rings. The molecule has 1 aliphatic heterocycles. The highest BCUT2D eigenvalue weighted by Gasteiger charge is 2.45. The van der Waals surface area contributed by atoms with Crippen LogP contribution in [0, 0.1) is 5.92 Å². The molecule has 0 unspecified atom stereocenters. The smallest absolute Gasteiger partial charge is 0.248 e. The van der Waals surface area contributed by atoms with Crippen LogP contribution in [0.25, 0.3) is 0 Å². The summed E-state index contributed by atoms with van der Waals surface area (Å²) < 4.78 is 28.5. The Labute approximate surface area is 185 Å².